The van der Waals surface area contributed by atoms with Crippen LogP contribution in [0.3, 0.4) is 0 Å². The molecule has 7 nitrogen and oxygen atoms in total. The van der Waals surface area contributed by atoms with Crippen molar-refractivity contribution in [1.29, 1.82) is 0 Å². The summed E-state index contributed by atoms with van der Waals surface area (Å²) in [5, 5.41) is 8.91. The molecule has 31 heavy (non-hydrogen) atoms. The van der Waals surface area contributed by atoms with E-state index in [1.54, 1.807) is 14.2 Å². The lowest BCUT2D eigenvalue weighted by Crippen LogP contribution is -2.43. The highest BCUT2D eigenvalue weighted by Crippen LogP contribution is 2.37. The van der Waals surface area contributed by atoms with Crippen LogP contribution in [0.2, 0.25) is 0 Å². The van der Waals surface area contributed by atoms with Gasteiger partial charge in [0.05, 0.1) is 18.9 Å². The molecule has 1 unspecified atom stereocenters. The molecule has 1 atom stereocenters. The molecule has 3 amide bonds. The van der Waals surface area contributed by atoms with E-state index in [4.69, 9.17) is 9.84 Å². The molecule has 1 heterocycles. The third-order valence-electron chi connectivity index (χ3n) is 5.55. The molecule has 164 valence electrons. The molecule has 0 saturated carbocycles. The first-order valence-corrected chi connectivity index (χ1v) is 10.4. The average molecular weight is 423 g/mol. The summed E-state index contributed by atoms with van der Waals surface area (Å²) in [6.45, 7) is 6.41. The van der Waals surface area contributed by atoms with E-state index in [1.165, 1.54) is 21.0 Å². The molecule has 0 spiro atoms. The fraction of sp³-hybridized carbons (Fsp3) is 0.375. The van der Waals surface area contributed by atoms with Crippen LogP contribution in [-0.2, 0) is 4.79 Å². The summed E-state index contributed by atoms with van der Waals surface area (Å²) in [5.41, 5.74) is 5.11. The number of benzene rings is 2. The summed E-state index contributed by atoms with van der Waals surface area (Å²) in [6, 6.07) is 13.3. The van der Waals surface area contributed by atoms with Gasteiger partial charge in [0.15, 0.2) is 0 Å². The molecule has 0 aromatic heterocycles. The normalized spacial score (nSPS) is 15.5. The maximum atomic E-state index is 13.2. The molecule has 1 aliphatic rings. The third kappa shape index (κ3) is 4.87. The van der Waals surface area contributed by atoms with Crippen molar-refractivity contribution in [2.75, 3.05) is 27.2 Å². The van der Waals surface area contributed by atoms with Crippen LogP contribution in [0.4, 0.5) is 4.79 Å². The number of nitrogens with one attached hydrogen (secondary N) is 1. The number of urea groups is 1. The van der Waals surface area contributed by atoms with Gasteiger partial charge in [-0.25, -0.2) is 9.80 Å². The summed E-state index contributed by atoms with van der Waals surface area (Å²) in [5.74, 6) is 0.461. The Morgan fingerprint density at radius 3 is 2.61 bits per heavy atom. The summed E-state index contributed by atoms with van der Waals surface area (Å²) in [4.78, 5) is 26.7. The van der Waals surface area contributed by atoms with Crippen LogP contribution in [0.5, 0.6) is 5.75 Å². The van der Waals surface area contributed by atoms with E-state index in [1.807, 2.05) is 37.3 Å². The Morgan fingerprint density at radius 1 is 1.19 bits per heavy atom. The van der Waals surface area contributed by atoms with Gasteiger partial charge in [-0.15, -0.1) is 0 Å². The van der Waals surface area contributed by atoms with E-state index in [0.29, 0.717) is 18.7 Å². The zero-order valence-electron chi connectivity index (χ0n) is 18.8. The summed E-state index contributed by atoms with van der Waals surface area (Å²) in [6.07, 6.45) is 0.569. The Balaban J connectivity index is 1.94. The SMILES string of the molecule is CCNC(=O)N(C)CC(=O)N1N=C(c2ccc(C)c(C)c2)CC1c1ccccc1OC. The lowest BCUT2D eigenvalue weighted by molar-refractivity contribution is -0.133. The van der Waals surface area contributed by atoms with E-state index in [-0.39, 0.29) is 24.5 Å². The molecule has 0 fully saturated rings. The van der Waals surface area contributed by atoms with Crippen LogP contribution in [-0.4, -0.2) is 54.8 Å². The summed E-state index contributed by atoms with van der Waals surface area (Å²) >= 11 is 0. The maximum Gasteiger partial charge on any atom is 0.317 e. The molecular formula is C24H30N4O3. The molecule has 0 saturated heterocycles. The largest absolute Gasteiger partial charge is 0.496 e. The fourth-order valence-corrected chi connectivity index (χ4v) is 3.65. The van der Waals surface area contributed by atoms with Gasteiger partial charge in [-0.05, 0) is 49.6 Å². The first-order chi connectivity index (χ1) is 14.8. The van der Waals surface area contributed by atoms with Gasteiger partial charge in [0.2, 0.25) is 0 Å². The number of hydrogen-bond donors (Lipinski definition) is 1. The van der Waals surface area contributed by atoms with Crippen molar-refractivity contribution >= 4 is 17.6 Å². The van der Waals surface area contributed by atoms with Crippen molar-refractivity contribution in [3.63, 3.8) is 0 Å². The molecule has 1 N–H and O–H groups in total. The van der Waals surface area contributed by atoms with Crippen molar-refractivity contribution in [3.05, 3.63) is 64.7 Å². The first kappa shape index (κ1) is 22.3. The van der Waals surface area contributed by atoms with Crippen molar-refractivity contribution in [2.24, 2.45) is 5.10 Å². The highest BCUT2D eigenvalue weighted by molar-refractivity contribution is 6.03. The molecule has 2 aromatic rings. The molecule has 3 rings (SSSR count). The second kappa shape index (κ2) is 9.64. The Labute approximate surface area is 183 Å². The minimum atomic E-state index is -0.303. The van der Waals surface area contributed by atoms with Gasteiger partial charge < -0.3 is 15.0 Å². The monoisotopic (exact) mass is 422 g/mol. The number of methoxy groups -OCH3 is 1. The number of aryl methyl sites for hydroxylation is 2. The number of rotatable bonds is 6. The molecule has 0 bridgehead atoms. The maximum absolute atomic E-state index is 13.2. The number of amides is 3. The Bertz CT molecular complexity index is 1000. The number of hydrazone groups is 1. The summed E-state index contributed by atoms with van der Waals surface area (Å²) in [7, 11) is 3.22. The van der Waals surface area contributed by atoms with E-state index < -0.39 is 0 Å². The Hall–Kier alpha value is -3.35. The van der Waals surface area contributed by atoms with Crippen LogP contribution >= 0.6 is 0 Å². The minimum Gasteiger partial charge on any atom is -0.496 e. The highest BCUT2D eigenvalue weighted by atomic mass is 16.5. The quantitative estimate of drug-likeness (QED) is 0.772. The van der Waals surface area contributed by atoms with Gasteiger partial charge in [-0.2, -0.15) is 5.10 Å². The number of hydrogen-bond acceptors (Lipinski definition) is 4. The van der Waals surface area contributed by atoms with E-state index >= 15 is 0 Å². The van der Waals surface area contributed by atoms with E-state index in [9.17, 15) is 9.59 Å². The smallest absolute Gasteiger partial charge is 0.317 e. The standard InChI is InChI=1S/C24H30N4O3/c1-6-25-24(30)27(4)15-23(29)28-21(19-9-7-8-10-22(19)31-5)14-20(26-28)18-12-11-16(2)17(3)13-18/h7-13,21H,6,14-15H2,1-5H3,(H,25,30). The van der Waals surface area contributed by atoms with Crippen molar-refractivity contribution in [1.82, 2.24) is 15.2 Å². The second-order valence-corrected chi connectivity index (χ2v) is 7.74. The lowest BCUT2D eigenvalue weighted by Gasteiger charge is -2.25. The minimum absolute atomic E-state index is 0.0683. The number of carbonyl (C=O) groups is 2. The predicted molar refractivity (Wildman–Crippen MR) is 121 cm³/mol. The Morgan fingerprint density at radius 2 is 1.94 bits per heavy atom. The number of ether oxygens (including phenoxy) is 1. The average Bonchev–Trinajstić information content (AvgIpc) is 3.21. The van der Waals surface area contributed by atoms with Crippen molar-refractivity contribution in [2.45, 2.75) is 33.2 Å². The van der Waals surface area contributed by atoms with Crippen LogP contribution in [0, 0.1) is 13.8 Å². The molecule has 2 aromatic carbocycles. The van der Waals surface area contributed by atoms with Gasteiger partial charge in [0, 0.05) is 25.6 Å². The third-order valence-corrected chi connectivity index (χ3v) is 5.55. The Kier molecular flexibility index (Phi) is 6.95. The molecular weight excluding hydrogens is 392 g/mol. The predicted octanol–water partition coefficient (Wildman–Crippen LogP) is 3.65. The highest BCUT2D eigenvalue weighted by Gasteiger charge is 2.35. The van der Waals surface area contributed by atoms with Crippen molar-refractivity contribution in [3.8, 4) is 5.75 Å². The zero-order chi connectivity index (χ0) is 22.5. The number of para-hydroxylation sites is 1. The van der Waals surface area contributed by atoms with Crippen LogP contribution in [0.1, 0.15) is 41.6 Å². The summed E-state index contributed by atoms with van der Waals surface area (Å²) < 4.78 is 5.55. The number of carbonyl (C=O) groups excluding carboxylic acids is 2. The first-order valence-electron chi connectivity index (χ1n) is 10.4. The van der Waals surface area contributed by atoms with E-state index in [0.717, 1.165) is 16.8 Å². The van der Waals surface area contributed by atoms with Crippen LogP contribution in [0.25, 0.3) is 0 Å². The molecule has 0 radical (unpaired) electrons. The van der Waals surface area contributed by atoms with Gasteiger partial charge in [0.25, 0.3) is 5.91 Å². The molecule has 0 aliphatic carbocycles. The molecule has 1 aliphatic heterocycles. The van der Waals surface area contributed by atoms with E-state index in [2.05, 4.69) is 31.3 Å². The number of nitrogens with zero attached hydrogens (tertiary/aromatic N) is 3. The van der Waals surface area contributed by atoms with Gasteiger partial charge in [0.1, 0.15) is 12.3 Å². The zero-order valence-corrected chi connectivity index (χ0v) is 18.8. The van der Waals surface area contributed by atoms with Crippen molar-refractivity contribution < 1.29 is 14.3 Å². The lowest BCUT2D eigenvalue weighted by atomic mass is 9.96. The number of likely N-dealkylation sites (N-methyl/N-ethyl adjacent to an activating group) is 1. The van der Waals surface area contributed by atoms with Gasteiger partial charge in [-0.1, -0.05) is 30.3 Å². The van der Waals surface area contributed by atoms with Crippen LogP contribution in [0.15, 0.2) is 47.6 Å². The fourth-order valence-electron chi connectivity index (χ4n) is 3.65. The topological polar surface area (TPSA) is 74.2 Å². The second-order valence-electron chi connectivity index (χ2n) is 7.74. The molecule has 7 heteroatoms. The van der Waals surface area contributed by atoms with Gasteiger partial charge >= 0.3 is 6.03 Å². The van der Waals surface area contributed by atoms with Gasteiger partial charge in [-0.3, -0.25) is 4.79 Å². The van der Waals surface area contributed by atoms with Crippen LogP contribution < -0.4 is 10.1 Å².